The summed E-state index contributed by atoms with van der Waals surface area (Å²) in [4.78, 5) is 11.4. The van der Waals surface area contributed by atoms with Crippen molar-refractivity contribution < 1.29 is 14.3 Å². The van der Waals surface area contributed by atoms with Crippen LogP contribution in [0.5, 0.6) is 5.75 Å². The fourth-order valence-electron chi connectivity index (χ4n) is 1.63. The molecule has 1 atom stereocenters. The number of esters is 1. The van der Waals surface area contributed by atoms with Gasteiger partial charge in [-0.2, -0.15) is 0 Å². The zero-order chi connectivity index (χ0) is 11.9. The summed E-state index contributed by atoms with van der Waals surface area (Å²) in [5.74, 6) is 0.0795. The van der Waals surface area contributed by atoms with Gasteiger partial charge in [-0.15, -0.1) is 0 Å². The van der Waals surface area contributed by atoms with E-state index in [1.54, 1.807) is 6.07 Å². The summed E-state index contributed by atoms with van der Waals surface area (Å²) >= 11 is 9.33. The molecule has 1 unspecified atom stereocenters. The van der Waals surface area contributed by atoms with Crippen LogP contribution in [0.15, 0.2) is 10.5 Å². The first-order valence-corrected chi connectivity index (χ1v) is 5.72. The minimum atomic E-state index is -0.643. The zero-order valence-electron chi connectivity index (χ0n) is 8.42. The van der Waals surface area contributed by atoms with Crippen molar-refractivity contribution in [2.75, 3.05) is 12.8 Å². The molecule has 6 heteroatoms. The van der Waals surface area contributed by atoms with E-state index >= 15 is 0 Å². The number of nitrogens with two attached hydrogens (primary N) is 1. The van der Waals surface area contributed by atoms with Crippen molar-refractivity contribution in [1.29, 1.82) is 0 Å². The Morgan fingerprint density at radius 1 is 1.75 bits per heavy atom. The van der Waals surface area contributed by atoms with Crippen LogP contribution in [0.4, 0.5) is 5.69 Å². The van der Waals surface area contributed by atoms with Crippen molar-refractivity contribution in [3.63, 3.8) is 0 Å². The lowest BCUT2D eigenvalue weighted by atomic mass is 10.1. The minimum Gasteiger partial charge on any atom is -0.476 e. The van der Waals surface area contributed by atoms with Crippen molar-refractivity contribution in [1.82, 2.24) is 0 Å². The van der Waals surface area contributed by atoms with E-state index in [0.29, 0.717) is 22.9 Å². The second-order valence-corrected chi connectivity index (χ2v) is 4.60. The standard InChI is InChI=1S/C10H9BrClNO3/c1-15-10(14)7-2-4-8(11)6(13)3-5(12)9(4)16-7/h3,7H,2,13H2,1H3. The normalized spacial score (nSPS) is 17.8. The maximum atomic E-state index is 11.4. The smallest absolute Gasteiger partial charge is 0.347 e. The van der Waals surface area contributed by atoms with Crippen molar-refractivity contribution in [3.8, 4) is 5.75 Å². The Balaban J connectivity index is 2.41. The van der Waals surface area contributed by atoms with Crippen LogP contribution in [0.2, 0.25) is 5.02 Å². The van der Waals surface area contributed by atoms with E-state index < -0.39 is 12.1 Å². The molecule has 0 radical (unpaired) electrons. The minimum absolute atomic E-state index is 0.405. The average Bonchev–Trinajstić information content (AvgIpc) is 2.70. The molecule has 2 rings (SSSR count). The van der Waals surface area contributed by atoms with E-state index in [1.165, 1.54) is 7.11 Å². The molecular formula is C10H9BrClNO3. The van der Waals surface area contributed by atoms with Gasteiger partial charge in [0, 0.05) is 22.1 Å². The molecular weight excluding hydrogens is 297 g/mol. The molecule has 1 aromatic rings. The van der Waals surface area contributed by atoms with Gasteiger partial charge in [0.1, 0.15) is 5.75 Å². The summed E-state index contributed by atoms with van der Waals surface area (Å²) in [5.41, 5.74) is 7.08. The topological polar surface area (TPSA) is 61.5 Å². The quantitative estimate of drug-likeness (QED) is 0.638. The number of anilines is 1. The van der Waals surface area contributed by atoms with Crippen LogP contribution in [0.1, 0.15) is 5.56 Å². The molecule has 0 aromatic heterocycles. The molecule has 0 amide bonds. The van der Waals surface area contributed by atoms with Crippen LogP contribution in [0.25, 0.3) is 0 Å². The van der Waals surface area contributed by atoms with Gasteiger partial charge in [0.15, 0.2) is 6.10 Å². The van der Waals surface area contributed by atoms with Gasteiger partial charge >= 0.3 is 5.97 Å². The molecule has 0 bridgehead atoms. The summed E-state index contributed by atoms with van der Waals surface area (Å²) in [7, 11) is 1.32. The molecule has 4 nitrogen and oxygen atoms in total. The molecule has 0 saturated carbocycles. The van der Waals surface area contributed by atoms with Gasteiger partial charge in [0.25, 0.3) is 0 Å². The first-order valence-electron chi connectivity index (χ1n) is 4.55. The Labute approximate surface area is 106 Å². The SMILES string of the molecule is COC(=O)C1Cc2c(Br)c(N)cc(Cl)c2O1. The lowest BCUT2D eigenvalue weighted by molar-refractivity contribution is -0.147. The molecule has 1 heterocycles. The predicted molar refractivity (Wildman–Crippen MR) is 63.7 cm³/mol. The fourth-order valence-corrected chi connectivity index (χ4v) is 2.36. The summed E-state index contributed by atoms with van der Waals surface area (Å²) in [6.07, 6.45) is -0.233. The van der Waals surface area contributed by atoms with Gasteiger partial charge in [-0.05, 0) is 22.0 Å². The highest BCUT2D eigenvalue weighted by Gasteiger charge is 2.33. The van der Waals surface area contributed by atoms with E-state index in [9.17, 15) is 4.79 Å². The van der Waals surface area contributed by atoms with E-state index in [4.69, 9.17) is 22.1 Å². The highest BCUT2D eigenvalue weighted by atomic mass is 79.9. The number of nitrogen functional groups attached to an aromatic ring is 1. The van der Waals surface area contributed by atoms with Crippen LogP contribution in [-0.2, 0) is 16.0 Å². The number of halogens is 2. The molecule has 0 fully saturated rings. The van der Waals surface area contributed by atoms with Gasteiger partial charge in [0.05, 0.1) is 12.1 Å². The number of carbonyl (C=O) groups excluding carboxylic acids is 1. The summed E-state index contributed by atoms with van der Waals surface area (Å²) in [6, 6.07) is 1.59. The number of methoxy groups -OCH3 is 1. The van der Waals surface area contributed by atoms with Crippen molar-refractivity contribution >= 4 is 39.2 Å². The molecule has 0 spiro atoms. The lowest BCUT2D eigenvalue weighted by Gasteiger charge is -2.08. The second kappa shape index (κ2) is 4.14. The first kappa shape index (κ1) is 11.5. The monoisotopic (exact) mass is 305 g/mol. The maximum absolute atomic E-state index is 11.4. The van der Waals surface area contributed by atoms with Gasteiger partial charge in [-0.25, -0.2) is 4.79 Å². The lowest BCUT2D eigenvalue weighted by Crippen LogP contribution is -2.26. The largest absolute Gasteiger partial charge is 0.476 e. The highest BCUT2D eigenvalue weighted by molar-refractivity contribution is 9.10. The Morgan fingerprint density at radius 2 is 2.44 bits per heavy atom. The van der Waals surface area contributed by atoms with Crippen LogP contribution < -0.4 is 10.5 Å². The molecule has 2 N–H and O–H groups in total. The number of fused-ring (bicyclic) bond motifs is 1. The molecule has 1 aromatic carbocycles. The number of hydrogen-bond donors (Lipinski definition) is 1. The molecule has 16 heavy (non-hydrogen) atoms. The summed E-state index contributed by atoms with van der Waals surface area (Å²) in [6.45, 7) is 0. The average molecular weight is 307 g/mol. The summed E-state index contributed by atoms with van der Waals surface area (Å²) in [5, 5.41) is 0.405. The number of rotatable bonds is 1. The van der Waals surface area contributed by atoms with Crippen molar-refractivity contribution in [3.05, 3.63) is 21.1 Å². The van der Waals surface area contributed by atoms with E-state index in [2.05, 4.69) is 20.7 Å². The molecule has 86 valence electrons. The molecule has 0 saturated heterocycles. The number of carbonyl (C=O) groups is 1. The molecule has 1 aliphatic heterocycles. The number of hydrogen-bond acceptors (Lipinski definition) is 4. The Kier molecular flexibility index (Phi) is 2.99. The fraction of sp³-hybridized carbons (Fsp3) is 0.300. The van der Waals surface area contributed by atoms with E-state index in [-0.39, 0.29) is 0 Å². The van der Waals surface area contributed by atoms with Crippen LogP contribution in [0.3, 0.4) is 0 Å². The third-order valence-corrected chi connectivity index (χ3v) is 3.62. The van der Waals surface area contributed by atoms with Gasteiger partial charge < -0.3 is 15.2 Å². The highest BCUT2D eigenvalue weighted by Crippen LogP contribution is 2.43. The maximum Gasteiger partial charge on any atom is 0.347 e. The third kappa shape index (κ3) is 1.74. The van der Waals surface area contributed by atoms with Crippen LogP contribution in [0, 0.1) is 0 Å². The van der Waals surface area contributed by atoms with Crippen LogP contribution >= 0.6 is 27.5 Å². The van der Waals surface area contributed by atoms with Gasteiger partial charge in [-0.1, -0.05) is 11.6 Å². The third-order valence-electron chi connectivity index (χ3n) is 2.41. The summed E-state index contributed by atoms with van der Waals surface area (Å²) < 4.78 is 10.8. The zero-order valence-corrected chi connectivity index (χ0v) is 10.8. The molecule has 1 aliphatic rings. The van der Waals surface area contributed by atoms with Crippen LogP contribution in [-0.4, -0.2) is 19.2 Å². The molecule has 0 aliphatic carbocycles. The van der Waals surface area contributed by atoms with Crippen molar-refractivity contribution in [2.45, 2.75) is 12.5 Å². The first-order chi connectivity index (χ1) is 7.54. The number of ether oxygens (including phenoxy) is 2. The Bertz CT molecular complexity index is 464. The Morgan fingerprint density at radius 3 is 3.06 bits per heavy atom. The second-order valence-electron chi connectivity index (χ2n) is 3.40. The van der Waals surface area contributed by atoms with E-state index in [1.807, 2.05) is 0 Å². The van der Waals surface area contributed by atoms with E-state index in [0.717, 1.165) is 10.0 Å². The van der Waals surface area contributed by atoms with Crippen molar-refractivity contribution in [2.24, 2.45) is 0 Å². The van der Waals surface area contributed by atoms with Gasteiger partial charge in [0.2, 0.25) is 0 Å². The predicted octanol–water partition coefficient (Wildman–Crippen LogP) is 2.16. The Hall–Kier alpha value is -0.940. The number of benzene rings is 1. The van der Waals surface area contributed by atoms with Gasteiger partial charge in [-0.3, -0.25) is 0 Å².